The quantitative estimate of drug-likeness (QED) is 0.773. The highest BCUT2D eigenvalue weighted by Crippen LogP contribution is 2.59. The van der Waals surface area contributed by atoms with Crippen molar-refractivity contribution in [3.8, 4) is 0 Å². The van der Waals surface area contributed by atoms with E-state index in [0.717, 1.165) is 58.5 Å². The maximum atomic E-state index is 12.8. The summed E-state index contributed by atoms with van der Waals surface area (Å²) in [6.07, 6.45) is 6.82. The summed E-state index contributed by atoms with van der Waals surface area (Å²) in [4.78, 5) is 14.9. The van der Waals surface area contributed by atoms with Gasteiger partial charge in [-0.2, -0.15) is 0 Å². The molecular weight excluding hydrogens is 348 g/mol. The Labute approximate surface area is 163 Å². The molecule has 144 valence electrons. The number of nitrogens with zero attached hydrogens (tertiary/aromatic N) is 1. The summed E-state index contributed by atoms with van der Waals surface area (Å²) < 4.78 is 6.04. The van der Waals surface area contributed by atoms with Crippen LogP contribution in [0, 0.1) is 11.3 Å². The number of nitrogens with one attached hydrogen (secondary N) is 1. The van der Waals surface area contributed by atoms with Crippen LogP contribution in [-0.2, 0) is 16.0 Å². The number of ether oxygens (including phenoxy) is 1. The molecule has 26 heavy (non-hydrogen) atoms. The number of amides is 1. The van der Waals surface area contributed by atoms with Gasteiger partial charge in [0.05, 0.1) is 6.10 Å². The fourth-order valence-corrected chi connectivity index (χ4v) is 4.63. The number of carbonyl (C=O) groups excluding carboxylic acids is 1. The lowest BCUT2D eigenvalue weighted by Gasteiger charge is -2.25. The Kier molecular flexibility index (Phi) is 6.60. The average molecular weight is 379 g/mol. The van der Waals surface area contributed by atoms with Gasteiger partial charge in [0.2, 0.25) is 5.91 Å². The summed E-state index contributed by atoms with van der Waals surface area (Å²) in [5.74, 6) is 0.698. The predicted octanol–water partition coefficient (Wildman–Crippen LogP) is 3.05. The number of benzene rings is 1. The smallest absolute Gasteiger partial charge is 0.226 e. The van der Waals surface area contributed by atoms with Gasteiger partial charge >= 0.3 is 0 Å². The average Bonchev–Trinajstić information content (AvgIpc) is 3.13. The third kappa shape index (κ3) is 4.41. The fourth-order valence-electron chi connectivity index (χ4n) is 4.63. The number of aryl methyl sites for hydroxylation is 1. The zero-order chi connectivity index (χ0) is 17.1. The molecule has 2 aliphatic heterocycles. The maximum Gasteiger partial charge on any atom is 0.226 e. The van der Waals surface area contributed by atoms with Crippen LogP contribution >= 0.6 is 12.4 Å². The van der Waals surface area contributed by atoms with E-state index in [1.54, 1.807) is 0 Å². The standard InChI is InChI=1S/C21H30N2O2.ClH/c24-20(19-15-21(19)9-11-22-12-10-21)23-13-8-18(16-23)25-14-4-7-17-5-2-1-3-6-17;/h1-3,5-6,18-19,22H,4,7-16H2;1H. The summed E-state index contributed by atoms with van der Waals surface area (Å²) in [5, 5.41) is 3.41. The van der Waals surface area contributed by atoms with Gasteiger partial charge in [-0.05, 0) is 62.6 Å². The van der Waals surface area contributed by atoms with Gasteiger partial charge < -0.3 is 15.0 Å². The lowest BCUT2D eigenvalue weighted by Crippen LogP contribution is -2.36. The van der Waals surface area contributed by atoms with Crippen molar-refractivity contribution in [2.45, 2.75) is 44.6 Å². The van der Waals surface area contributed by atoms with Crippen molar-refractivity contribution in [1.82, 2.24) is 10.2 Å². The van der Waals surface area contributed by atoms with E-state index in [0.29, 0.717) is 17.2 Å². The molecule has 2 atom stereocenters. The molecule has 2 heterocycles. The molecule has 0 aromatic heterocycles. The van der Waals surface area contributed by atoms with E-state index in [-0.39, 0.29) is 18.5 Å². The first-order valence-corrected chi connectivity index (χ1v) is 9.92. The van der Waals surface area contributed by atoms with Crippen molar-refractivity contribution in [2.75, 3.05) is 32.8 Å². The molecule has 2 saturated heterocycles. The molecular formula is C21H31ClN2O2. The molecule has 0 radical (unpaired) electrons. The predicted molar refractivity (Wildman–Crippen MR) is 106 cm³/mol. The highest BCUT2D eigenvalue weighted by Gasteiger charge is 2.58. The Bertz CT molecular complexity index is 589. The van der Waals surface area contributed by atoms with Crippen LogP contribution in [0.1, 0.15) is 37.7 Å². The molecule has 1 aromatic carbocycles. The molecule has 4 nitrogen and oxygen atoms in total. The van der Waals surface area contributed by atoms with Gasteiger partial charge in [0, 0.05) is 25.6 Å². The summed E-state index contributed by atoms with van der Waals surface area (Å²) in [7, 11) is 0. The first-order chi connectivity index (χ1) is 12.3. The first kappa shape index (κ1) is 19.7. The molecule has 1 saturated carbocycles. The van der Waals surface area contributed by atoms with Crippen molar-refractivity contribution in [2.24, 2.45) is 11.3 Å². The monoisotopic (exact) mass is 378 g/mol. The van der Waals surface area contributed by atoms with E-state index < -0.39 is 0 Å². The minimum atomic E-state index is 0. The second-order valence-electron chi connectivity index (χ2n) is 8.02. The van der Waals surface area contributed by atoms with Gasteiger partial charge in [-0.1, -0.05) is 30.3 Å². The second kappa shape index (κ2) is 8.73. The maximum absolute atomic E-state index is 12.8. The molecule has 2 unspecified atom stereocenters. The number of carbonyl (C=O) groups is 1. The Morgan fingerprint density at radius 1 is 1.23 bits per heavy atom. The molecule has 1 aromatic rings. The van der Waals surface area contributed by atoms with Gasteiger partial charge in [-0.3, -0.25) is 4.79 Å². The largest absolute Gasteiger partial charge is 0.376 e. The normalized spacial score (nSPS) is 26.5. The zero-order valence-corrected chi connectivity index (χ0v) is 16.3. The minimum absolute atomic E-state index is 0. The van der Waals surface area contributed by atoms with Gasteiger partial charge in [-0.25, -0.2) is 0 Å². The molecule has 3 fully saturated rings. The van der Waals surface area contributed by atoms with E-state index in [1.807, 2.05) is 0 Å². The van der Waals surface area contributed by atoms with Crippen molar-refractivity contribution < 1.29 is 9.53 Å². The minimum Gasteiger partial charge on any atom is -0.376 e. The van der Waals surface area contributed by atoms with E-state index >= 15 is 0 Å². The third-order valence-corrected chi connectivity index (χ3v) is 6.35. The van der Waals surface area contributed by atoms with Crippen LogP contribution in [-0.4, -0.2) is 49.7 Å². The van der Waals surface area contributed by atoms with Gasteiger partial charge in [0.1, 0.15) is 0 Å². The lowest BCUT2D eigenvalue weighted by molar-refractivity contribution is -0.133. The molecule has 1 spiro atoms. The number of halogens is 1. The summed E-state index contributed by atoms with van der Waals surface area (Å²) in [6, 6.07) is 10.6. The van der Waals surface area contributed by atoms with Crippen LogP contribution in [0.4, 0.5) is 0 Å². The summed E-state index contributed by atoms with van der Waals surface area (Å²) in [5.41, 5.74) is 1.71. The first-order valence-electron chi connectivity index (χ1n) is 9.92. The third-order valence-electron chi connectivity index (χ3n) is 6.35. The summed E-state index contributed by atoms with van der Waals surface area (Å²) in [6.45, 7) is 4.64. The molecule has 1 N–H and O–H groups in total. The van der Waals surface area contributed by atoms with E-state index in [1.165, 1.54) is 18.4 Å². The van der Waals surface area contributed by atoms with Crippen molar-refractivity contribution in [3.63, 3.8) is 0 Å². The number of likely N-dealkylation sites (tertiary alicyclic amines) is 1. The topological polar surface area (TPSA) is 41.6 Å². The van der Waals surface area contributed by atoms with Crippen molar-refractivity contribution in [1.29, 1.82) is 0 Å². The number of hydrogen-bond donors (Lipinski definition) is 1. The van der Waals surface area contributed by atoms with Crippen molar-refractivity contribution >= 4 is 18.3 Å². The summed E-state index contributed by atoms with van der Waals surface area (Å²) >= 11 is 0. The number of hydrogen-bond acceptors (Lipinski definition) is 3. The van der Waals surface area contributed by atoms with Crippen LogP contribution in [0.25, 0.3) is 0 Å². The second-order valence-corrected chi connectivity index (χ2v) is 8.02. The Morgan fingerprint density at radius 3 is 2.77 bits per heavy atom. The zero-order valence-electron chi connectivity index (χ0n) is 15.5. The molecule has 1 aliphatic carbocycles. The van der Waals surface area contributed by atoms with Crippen LogP contribution in [0.15, 0.2) is 30.3 Å². The molecule has 4 rings (SSSR count). The fraction of sp³-hybridized carbons (Fsp3) is 0.667. The van der Waals surface area contributed by atoms with Crippen LogP contribution in [0.2, 0.25) is 0 Å². The van der Waals surface area contributed by atoms with Gasteiger partial charge in [0.15, 0.2) is 0 Å². The lowest BCUT2D eigenvalue weighted by atomic mass is 9.91. The van der Waals surface area contributed by atoms with E-state index in [9.17, 15) is 4.79 Å². The molecule has 5 heteroatoms. The van der Waals surface area contributed by atoms with Gasteiger partial charge in [-0.15, -0.1) is 12.4 Å². The Hall–Kier alpha value is -1.10. The number of piperidine rings is 1. The SMILES string of the molecule is Cl.O=C(C1CC12CCNCC2)N1CCC(OCCCc2ccccc2)C1. The van der Waals surface area contributed by atoms with Gasteiger partial charge in [0.25, 0.3) is 0 Å². The van der Waals surface area contributed by atoms with Crippen molar-refractivity contribution in [3.05, 3.63) is 35.9 Å². The molecule has 3 aliphatic rings. The highest BCUT2D eigenvalue weighted by molar-refractivity contribution is 5.85. The van der Waals surface area contributed by atoms with E-state index in [4.69, 9.17) is 4.74 Å². The van der Waals surface area contributed by atoms with Crippen LogP contribution in [0.3, 0.4) is 0 Å². The van der Waals surface area contributed by atoms with Crippen LogP contribution in [0.5, 0.6) is 0 Å². The molecule has 1 amide bonds. The van der Waals surface area contributed by atoms with Crippen LogP contribution < -0.4 is 5.32 Å². The molecule has 0 bridgehead atoms. The Balaban J connectivity index is 0.00000196. The number of rotatable bonds is 6. The highest BCUT2D eigenvalue weighted by atomic mass is 35.5. The van der Waals surface area contributed by atoms with E-state index in [2.05, 4.69) is 40.5 Å². The Morgan fingerprint density at radius 2 is 2.00 bits per heavy atom.